The van der Waals surface area contributed by atoms with Crippen LogP contribution < -0.4 is 5.32 Å². The summed E-state index contributed by atoms with van der Waals surface area (Å²) in [7, 11) is 0. The minimum absolute atomic E-state index is 0.492. The quantitative estimate of drug-likeness (QED) is 0.772. The van der Waals surface area contributed by atoms with E-state index in [4.69, 9.17) is 0 Å². The molecule has 0 spiro atoms. The maximum absolute atomic E-state index is 9.20. The third kappa shape index (κ3) is 2.23. The van der Waals surface area contributed by atoms with Crippen molar-refractivity contribution in [3.05, 3.63) is 41.7 Å². The van der Waals surface area contributed by atoms with Crippen molar-refractivity contribution in [2.75, 3.05) is 5.32 Å². The number of nitrogens with zero attached hydrogens (tertiary/aromatic N) is 4. The van der Waals surface area contributed by atoms with E-state index >= 15 is 0 Å². The Hall–Kier alpha value is -2.52. The predicted molar refractivity (Wildman–Crippen MR) is 74.4 cm³/mol. The molecule has 1 aromatic carbocycles. The van der Waals surface area contributed by atoms with Crippen molar-refractivity contribution in [1.82, 2.24) is 14.3 Å². The van der Waals surface area contributed by atoms with E-state index in [1.807, 2.05) is 37.3 Å². The zero-order chi connectivity index (χ0) is 13.2. The van der Waals surface area contributed by atoms with Gasteiger partial charge in [-0.3, -0.25) is 0 Å². The van der Waals surface area contributed by atoms with Gasteiger partial charge in [-0.05, 0) is 19.1 Å². The lowest BCUT2D eigenvalue weighted by atomic mass is 10.1. The number of hydrogen-bond donors (Lipinski definition) is 1. The summed E-state index contributed by atoms with van der Waals surface area (Å²) in [4.78, 5) is 8.66. The molecular weight excluding hydrogens is 258 g/mol. The van der Waals surface area contributed by atoms with Crippen LogP contribution in [-0.2, 0) is 0 Å². The minimum atomic E-state index is 0.492. The first kappa shape index (κ1) is 11.6. The van der Waals surface area contributed by atoms with E-state index in [0.29, 0.717) is 22.3 Å². The van der Waals surface area contributed by atoms with Crippen LogP contribution in [0.5, 0.6) is 0 Å². The molecule has 0 bridgehead atoms. The van der Waals surface area contributed by atoms with Crippen LogP contribution in [0.2, 0.25) is 0 Å². The third-order valence-electron chi connectivity index (χ3n) is 2.60. The fraction of sp³-hybridized carbons (Fsp3) is 0.0769. The molecule has 0 saturated carbocycles. The molecule has 0 fully saturated rings. The maximum Gasteiger partial charge on any atom is 0.208 e. The van der Waals surface area contributed by atoms with E-state index in [0.717, 1.165) is 10.9 Å². The lowest BCUT2D eigenvalue weighted by Crippen LogP contribution is -1.97. The van der Waals surface area contributed by atoms with Gasteiger partial charge in [0.2, 0.25) is 5.13 Å². The number of rotatable bonds is 2. The van der Waals surface area contributed by atoms with E-state index in [-0.39, 0.29) is 0 Å². The monoisotopic (exact) mass is 267 g/mol. The predicted octanol–water partition coefficient (Wildman–Crippen LogP) is 3.01. The highest BCUT2D eigenvalue weighted by Gasteiger charge is 2.09. The first-order valence-electron chi connectivity index (χ1n) is 5.63. The van der Waals surface area contributed by atoms with Crippen LogP contribution in [-0.4, -0.2) is 14.3 Å². The van der Waals surface area contributed by atoms with Crippen LogP contribution in [0.25, 0.3) is 10.9 Å². The van der Waals surface area contributed by atoms with Crippen LogP contribution in [0.15, 0.2) is 30.3 Å². The number of benzene rings is 1. The summed E-state index contributed by atoms with van der Waals surface area (Å²) in [5.74, 6) is 1.21. The highest BCUT2D eigenvalue weighted by molar-refractivity contribution is 7.09. The fourth-order valence-electron chi connectivity index (χ4n) is 1.75. The summed E-state index contributed by atoms with van der Waals surface area (Å²) >= 11 is 1.25. The number of pyridine rings is 1. The largest absolute Gasteiger partial charge is 0.314 e. The van der Waals surface area contributed by atoms with Gasteiger partial charge < -0.3 is 5.32 Å². The first-order valence-corrected chi connectivity index (χ1v) is 6.41. The second-order valence-corrected chi connectivity index (χ2v) is 4.71. The molecule has 0 aliphatic rings. The summed E-state index contributed by atoms with van der Waals surface area (Å²) < 4.78 is 4.09. The van der Waals surface area contributed by atoms with Gasteiger partial charge in [0.05, 0.1) is 11.1 Å². The van der Waals surface area contributed by atoms with Crippen LogP contribution >= 0.6 is 11.5 Å². The lowest BCUT2D eigenvalue weighted by molar-refractivity contribution is 1.16. The molecule has 0 radical (unpaired) electrons. The third-order valence-corrected chi connectivity index (χ3v) is 3.32. The first-order chi connectivity index (χ1) is 9.26. The molecule has 0 aliphatic carbocycles. The van der Waals surface area contributed by atoms with Crippen LogP contribution in [0.3, 0.4) is 0 Å². The van der Waals surface area contributed by atoms with Crippen molar-refractivity contribution in [1.29, 1.82) is 5.26 Å². The zero-order valence-electron chi connectivity index (χ0n) is 10.1. The number of hydrogen-bond acceptors (Lipinski definition) is 6. The number of para-hydroxylation sites is 1. The van der Waals surface area contributed by atoms with Gasteiger partial charge in [-0.1, -0.05) is 18.2 Å². The second kappa shape index (κ2) is 4.63. The Bertz CT molecular complexity index is 787. The topological polar surface area (TPSA) is 74.5 Å². The molecule has 19 heavy (non-hydrogen) atoms. The standard InChI is InChI=1S/C13H9N5S/c1-8-15-13(19-18-8)17-12-10(7-14)6-9-4-2-3-5-11(9)16-12/h2-6H,1H3,(H,15,16,17,18). The van der Waals surface area contributed by atoms with E-state index in [1.54, 1.807) is 0 Å². The van der Waals surface area contributed by atoms with Gasteiger partial charge in [0.1, 0.15) is 11.9 Å². The highest BCUT2D eigenvalue weighted by Crippen LogP contribution is 2.23. The van der Waals surface area contributed by atoms with Gasteiger partial charge in [-0.25, -0.2) is 9.97 Å². The van der Waals surface area contributed by atoms with Crippen LogP contribution in [0.4, 0.5) is 10.9 Å². The van der Waals surface area contributed by atoms with Crippen molar-refractivity contribution in [2.45, 2.75) is 6.92 Å². The molecule has 0 aliphatic heterocycles. The normalized spacial score (nSPS) is 10.3. The Kier molecular flexibility index (Phi) is 2.82. The SMILES string of the molecule is Cc1nsc(Nc2nc3ccccc3cc2C#N)n1. The Balaban J connectivity index is 2.09. The van der Waals surface area contributed by atoms with E-state index in [9.17, 15) is 5.26 Å². The highest BCUT2D eigenvalue weighted by atomic mass is 32.1. The smallest absolute Gasteiger partial charge is 0.208 e. The van der Waals surface area contributed by atoms with Crippen molar-refractivity contribution >= 4 is 33.4 Å². The maximum atomic E-state index is 9.20. The molecule has 3 aromatic rings. The average Bonchev–Trinajstić information content (AvgIpc) is 2.83. The van der Waals surface area contributed by atoms with Crippen molar-refractivity contribution in [2.24, 2.45) is 0 Å². The van der Waals surface area contributed by atoms with Gasteiger partial charge in [0.15, 0.2) is 5.82 Å². The summed E-state index contributed by atoms with van der Waals surface area (Å²) in [5, 5.41) is 13.8. The van der Waals surface area contributed by atoms with Gasteiger partial charge in [-0.2, -0.15) is 9.64 Å². The molecule has 0 saturated heterocycles. The molecule has 0 unspecified atom stereocenters. The zero-order valence-corrected chi connectivity index (χ0v) is 10.9. The minimum Gasteiger partial charge on any atom is -0.314 e. The molecule has 3 rings (SSSR count). The van der Waals surface area contributed by atoms with Crippen molar-refractivity contribution in [3.63, 3.8) is 0 Å². The summed E-state index contributed by atoms with van der Waals surface area (Å²) in [6.45, 7) is 1.82. The summed E-state index contributed by atoms with van der Waals surface area (Å²) in [6.07, 6.45) is 0. The molecule has 5 nitrogen and oxygen atoms in total. The Morgan fingerprint density at radius 2 is 2.11 bits per heavy atom. The summed E-state index contributed by atoms with van der Waals surface area (Å²) in [5.41, 5.74) is 1.33. The number of aryl methyl sites for hydroxylation is 1. The van der Waals surface area contributed by atoms with Crippen LogP contribution in [0, 0.1) is 18.3 Å². The number of aromatic nitrogens is 3. The Morgan fingerprint density at radius 3 is 2.84 bits per heavy atom. The lowest BCUT2D eigenvalue weighted by Gasteiger charge is -2.05. The van der Waals surface area contributed by atoms with Gasteiger partial charge >= 0.3 is 0 Å². The van der Waals surface area contributed by atoms with Gasteiger partial charge in [0.25, 0.3) is 0 Å². The molecule has 92 valence electrons. The van der Waals surface area contributed by atoms with E-state index in [2.05, 4.69) is 25.7 Å². The van der Waals surface area contributed by atoms with E-state index in [1.165, 1.54) is 11.5 Å². The number of nitriles is 1. The van der Waals surface area contributed by atoms with E-state index < -0.39 is 0 Å². The second-order valence-electron chi connectivity index (χ2n) is 3.96. The van der Waals surface area contributed by atoms with Gasteiger partial charge in [-0.15, -0.1) is 0 Å². The summed E-state index contributed by atoms with van der Waals surface area (Å²) in [6, 6.07) is 11.6. The number of nitrogens with one attached hydrogen (secondary N) is 1. The van der Waals surface area contributed by atoms with Gasteiger partial charge in [0, 0.05) is 16.9 Å². The number of fused-ring (bicyclic) bond motifs is 1. The molecule has 1 N–H and O–H groups in total. The molecule has 0 atom stereocenters. The number of anilines is 2. The van der Waals surface area contributed by atoms with Crippen molar-refractivity contribution < 1.29 is 0 Å². The molecule has 6 heteroatoms. The molecule has 2 aromatic heterocycles. The van der Waals surface area contributed by atoms with Crippen LogP contribution in [0.1, 0.15) is 11.4 Å². The molecule has 0 amide bonds. The average molecular weight is 267 g/mol. The Morgan fingerprint density at radius 1 is 1.26 bits per heavy atom. The Labute approximate surface area is 113 Å². The molecular formula is C13H9N5S. The van der Waals surface area contributed by atoms with Crippen molar-refractivity contribution in [3.8, 4) is 6.07 Å². The fourth-order valence-corrected chi connectivity index (χ4v) is 2.32. The molecule has 2 heterocycles.